The average Bonchev–Trinajstić information content (AvgIpc) is 3.30. The number of benzene rings is 2. The quantitative estimate of drug-likeness (QED) is 0.342. The second-order valence-corrected chi connectivity index (χ2v) is 8.99. The molecular weight excluding hydrogens is 479 g/mol. The molecule has 0 aliphatic carbocycles. The molecule has 10 heteroatoms. The van der Waals surface area contributed by atoms with Gasteiger partial charge in [-0.05, 0) is 48.4 Å². The Morgan fingerprint density at radius 1 is 1.14 bits per heavy atom. The van der Waals surface area contributed by atoms with Crippen molar-refractivity contribution in [3.05, 3.63) is 101 Å². The fraction of sp³-hybridized carbons (Fsp3) is 0.154. The second kappa shape index (κ2) is 10.2. The molecule has 3 heterocycles. The summed E-state index contributed by atoms with van der Waals surface area (Å²) in [5.41, 5.74) is 3.09. The molecular formula is C26H23FN6O2S. The van der Waals surface area contributed by atoms with E-state index in [1.807, 2.05) is 31.2 Å². The van der Waals surface area contributed by atoms with Crippen molar-refractivity contribution in [3.8, 4) is 5.75 Å². The van der Waals surface area contributed by atoms with Gasteiger partial charge in [0.1, 0.15) is 17.6 Å². The van der Waals surface area contributed by atoms with Gasteiger partial charge in [0.2, 0.25) is 11.1 Å². The Hall–Kier alpha value is -4.18. The number of para-hydroxylation sites is 2. The molecule has 182 valence electrons. The largest absolute Gasteiger partial charge is 0.495 e. The van der Waals surface area contributed by atoms with Crippen molar-refractivity contribution in [1.82, 2.24) is 19.7 Å². The topological polar surface area (TPSA) is 94.0 Å². The van der Waals surface area contributed by atoms with Gasteiger partial charge in [0.05, 0.1) is 18.4 Å². The Kier molecular flexibility index (Phi) is 6.68. The first-order chi connectivity index (χ1) is 17.5. The molecule has 2 aromatic carbocycles. The highest BCUT2D eigenvalue weighted by Crippen LogP contribution is 2.37. The molecule has 0 saturated carbocycles. The van der Waals surface area contributed by atoms with Gasteiger partial charge in [-0.25, -0.2) is 9.07 Å². The van der Waals surface area contributed by atoms with Crippen LogP contribution in [0.4, 0.5) is 16.0 Å². The van der Waals surface area contributed by atoms with E-state index in [4.69, 9.17) is 4.74 Å². The molecule has 0 unspecified atom stereocenters. The normalized spacial score (nSPS) is 14.7. The van der Waals surface area contributed by atoms with Crippen molar-refractivity contribution in [1.29, 1.82) is 0 Å². The molecule has 1 aliphatic rings. The van der Waals surface area contributed by atoms with Crippen LogP contribution >= 0.6 is 11.8 Å². The Balaban J connectivity index is 1.48. The van der Waals surface area contributed by atoms with E-state index in [1.54, 1.807) is 54.5 Å². The first-order valence-corrected chi connectivity index (χ1v) is 12.2. The van der Waals surface area contributed by atoms with Gasteiger partial charge in [0.15, 0.2) is 0 Å². The minimum atomic E-state index is -0.547. The summed E-state index contributed by atoms with van der Waals surface area (Å²) in [6.07, 6.45) is 3.35. The molecule has 0 fully saturated rings. The lowest BCUT2D eigenvalue weighted by Gasteiger charge is -2.28. The maximum absolute atomic E-state index is 14.1. The van der Waals surface area contributed by atoms with Crippen LogP contribution in [0.3, 0.4) is 0 Å². The number of anilines is 2. The third-order valence-corrected chi connectivity index (χ3v) is 6.66. The van der Waals surface area contributed by atoms with Crippen LogP contribution in [-0.2, 0) is 10.5 Å². The number of ether oxygens (including phenoxy) is 1. The number of carbonyl (C=O) groups excluding carboxylic acids is 1. The maximum atomic E-state index is 14.1. The number of nitrogens with one attached hydrogen (secondary N) is 2. The molecule has 1 aliphatic heterocycles. The standard InChI is InChI=1S/C26H23FN6O2S/c1-16-22(24(34)30-20-9-5-6-10-21(20)35-2)23(17-11-13-28-14-12-17)33-25(29-16)31-26(32-33)36-15-18-7-3-4-8-19(18)27/h3-14,23H,15H2,1-2H3,(H,30,34)(H,29,31,32)/t23-/m1/s1. The molecule has 5 rings (SSSR count). The molecule has 8 nitrogen and oxygen atoms in total. The van der Waals surface area contributed by atoms with Crippen LogP contribution in [-0.4, -0.2) is 32.8 Å². The van der Waals surface area contributed by atoms with Gasteiger partial charge >= 0.3 is 0 Å². The summed E-state index contributed by atoms with van der Waals surface area (Å²) >= 11 is 1.33. The van der Waals surface area contributed by atoms with Crippen LogP contribution in [0.15, 0.2) is 89.5 Å². The predicted octanol–water partition coefficient (Wildman–Crippen LogP) is 5.04. The molecule has 1 amide bonds. The summed E-state index contributed by atoms with van der Waals surface area (Å²) < 4.78 is 21.2. The summed E-state index contributed by atoms with van der Waals surface area (Å²) in [6.45, 7) is 1.83. The summed E-state index contributed by atoms with van der Waals surface area (Å²) in [6, 6.07) is 17.0. The molecule has 0 bridgehead atoms. The molecule has 2 aromatic heterocycles. The van der Waals surface area contributed by atoms with Crippen LogP contribution in [0.5, 0.6) is 5.75 Å². The lowest BCUT2D eigenvalue weighted by atomic mass is 9.96. The van der Waals surface area contributed by atoms with Crippen molar-refractivity contribution >= 4 is 29.3 Å². The predicted molar refractivity (Wildman–Crippen MR) is 136 cm³/mol. The molecule has 4 aromatic rings. The van der Waals surface area contributed by atoms with E-state index in [0.29, 0.717) is 45.1 Å². The number of rotatable bonds is 7. The third kappa shape index (κ3) is 4.67. The number of aromatic nitrogens is 4. The van der Waals surface area contributed by atoms with E-state index in [2.05, 4.69) is 25.7 Å². The number of hydrogen-bond donors (Lipinski definition) is 2. The molecule has 2 N–H and O–H groups in total. The van der Waals surface area contributed by atoms with Gasteiger partial charge in [0.25, 0.3) is 5.91 Å². The van der Waals surface area contributed by atoms with Crippen LogP contribution in [0, 0.1) is 5.82 Å². The van der Waals surface area contributed by atoms with Crippen molar-refractivity contribution in [2.24, 2.45) is 0 Å². The molecule has 1 atom stereocenters. The van der Waals surface area contributed by atoms with Gasteiger partial charge in [0, 0.05) is 23.8 Å². The highest BCUT2D eigenvalue weighted by atomic mass is 32.2. The zero-order valence-electron chi connectivity index (χ0n) is 19.6. The van der Waals surface area contributed by atoms with Crippen molar-refractivity contribution < 1.29 is 13.9 Å². The minimum absolute atomic E-state index is 0.269. The molecule has 0 spiro atoms. The lowest BCUT2D eigenvalue weighted by molar-refractivity contribution is -0.113. The Morgan fingerprint density at radius 3 is 2.67 bits per heavy atom. The average molecular weight is 503 g/mol. The number of carbonyl (C=O) groups is 1. The number of fused-ring (bicyclic) bond motifs is 1. The lowest BCUT2D eigenvalue weighted by Crippen LogP contribution is -2.31. The zero-order valence-corrected chi connectivity index (χ0v) is 20.4. The summed E-state index contributed by atoms with van der Waals surface area (Å²) in [5.74, 6) is 0.868. The van der Waals surface area contributed by atoms with Crippen molar-refractivity contribution in [2.45, 2.75) is 23.9 Å². The monoisotopic (exact) mass is 502 g/mol. The second-order valence-electron chi connectivity index (χ2n) is 8.04. The number of halogens is 1. The fourth-order valence-electron chi connectivity index (χ4n) is 4.04. The SMILES string of the molecule is COc1ccccc1NC(=O)C1=C(C)Nc2nc(SCc3ccccc3F)nn2[C@@H]1c1ccncc1. The maximum Gasteiger partial charge on any atom is 0.255 e. The smallest absolute Gasteiger partial charge is 0.255 e. The van der Waals surface area contributed by atoms with E-state index >= 15 is 0 Å². The van der Waals surface area contributed by atoms with Crippen molar-refractivity contribution in [3.63, 3.8) is 0 Å². The Bertz CT molecular complexity index is 1440. The van der Waals surface area contributed by atoms with E-state index in [9.17, 15) is 9.18 Å². The van der Waals surface area contributed by atoms with Gasteiger partial charge < -0.3 is 15.4 Å². The number of pyridine rings is 1. The van der Waals surface area contributed by atoms with Crippen molar-refractivity contribution in [2.75, 3.05) is 17.7 Å². The van der Waals surface area contributed by atoms with Gasteiger partial charge in [-0.2, -0.15) is 4.98 Å². The first kappa shape index (κ1) is 23.6. The van der Waals surface area contributed by atoms with E-state index in [0.717, 1.165) is 5.56 Å². The molecule has 0 radical (unpaired) electrons. The number of amides is 1. The Morgan fingerprint density at radius 2 is 1.89 bits per heavy atom. The van der Waals surface area contributed by atoms with E-state index in [1.165, 1.54) is 17.8 Å². The van der Waals surface area contributed by atoms with Gasteiger partial charge in [-0.3, -0.25) is 9.78 Å². The summed E-state index contributed by atoms with van der Waals surface area (Å²) in [5, 5.41) is 11.3. The van der Waals surface area contributed by atoms with Crippen LogP contribution in [0.2, 0.25) is 0 Å². The van der Waals surface area contributed by atoms with E-state index in [-0.39, 0.29) is 11.7 Å². The Labute approximate surface area is 211 Å². The van der Waals surface area contributed by atoms with Gasteiger partial charge in [-0.1, -0.05) is 42.1 Å². The number of allylic oxidation sites excluding steroid dienone is 1. The highest BCUT2D eigenvalue weighted by molar-refractivity contribution is 7.98. The highest BCUT2D eigenvalue weighted by Gasteiger charge is 2.34. The minimum Gasteiger partial charge on any atom is -0.495 e. The fourth-order valence-corrected chi connectivity index (χ4v) is 4.85. The number of thioether (sulfide) groups is 1. The molecule has 36 heavy (non-hydrogen) atoms. The number of methoxy groups -OCH3 is 1. The summed E-state index contributed by atoms with van der Waals surface area (Å²) in [7, 11) is 1.56. The van der Waals surface area contributed by atoms with Crippen LogP contribution < -0.4 is 15.4 Å². The zero-order chi connectivity index (χ0) is 25.1. The summed E-state index contributed by atoms with van der Waals surface area (Å²) in [4.78, 5) is 22.3. The number of nitrogens with zero attached hydrogens (tertiary/aromatic N) is 4. The van der Waals surface area contributed by atoms with E-state index < -0.39 is 6.04 Å². The first-order valence-electron chi connectivity index (χ1n) is 11.2. The third-order valence-electron chi connectivity index (χ3n) is 5.77. The van der Waals surface area contributed by atoms with Gasteiger partial charge in [-0.15, -0.1) is 5.10 Å². The number of hydrogen-bond acceptors (Lipinski definition) is 7. The molecule has 0 saturated heterocycles. The van der Waals surface area contributed by atoms with Crippen LogP contribution in [0.25, 0.3) is 0 Å². The van der Waals surface area contributed by atoms with Crippen LogP contribution in [0.1, 0.15) is 24.1 Å².